The third kappa shape index (κ3) is 4.14. The van der Waals surface area contributed by atoms with Crippen molar-refractivity contribution in [2.75, 3.05) is 6.54 Å². The molecule has 0 radical (unpaired) electrons. The highest BCUT2D eigenvalue weighted by atomic mass is 32.2. The van der Waals surface area contributed by atoms with Crippen LogP contribution in [0.5, 0.6) is 0 Å². The molecule has 0 atom stereocenters. The molecule has 19 heavy (non-hydrogen) atoms. The van der Waals surface area contributed by atoms with Gasteiger partial charge in [0.15, 0.2) is 0 Å². The Morgan fingerprint density at radius 2 is 2.16 bits per heavy atom. The van der Waals surface area contributed by atoms with E-state index in [2.05, 4.69) is 29.5 Å². The van der Waals surface area contributed by atoms with Crippen molar-refractivity contribution < 1.29 is 4.42 Å². The number of nitrogens with one attached hydrogen (secondary N) is 1. The van der Waals surface area contributed by atoms with Crippen LogP contribution in [0.4, 0.5) is 0 Å². The molecular formula is C14H21N3OS. The molecule has 0 fully saturated rings. The lowest BCUT2D eigenvalue weighted by Gasteiger charge is -2.00. The van der Waals surface area contributed by atoms with Crippen LogP contribution < -0.4 is 5.32 Å². The second kappa shape index (κ2) is 6.82. The molecule has 2 heterocycles. The molecule has 0 aliphatic rings. The van der Waals surface area contributed by atoms with Crippen molar-refractivity contribution in [2.24, 2.45) is 7.05 Å². The molecule has 0 saturated heterocycles. The Kier molecular flexibility index (Phi) is 5.10. The van der Waals surface area contributed by atoms with E-state index in [4.69, 9.17) is 4.42 Å². The van der Waals surface area contributed by atoms with Crippen LogP contribution in [0.2, 0.25) is 0 Å². The largest absolute Gasteiger partial charge is 0.464 e. The van der Waals surface area contributed by atoms with Crippen molar-refractivity contribution in [3.63, 3.8) is 0 Å². The molecule has 0 amide bonds. The summed E-state index contributed by atoms with van der Waals surface area (Å²) < 4.78 is 7.69. The van der Waals surface area contributed by atoms with Crippen LogP contribution in [-0.2, 0) is 19.3 Å². The maximum Gasteiger partial charge on any atom is 0.118 e. The van der Waals surface area contributed by atoms with Gasteiger partial charge in [0.05, 0.1) is 23.0 Å². The van der Waals surface area contributed by atoms with Gasteiger partial charge in [-0.2, -0.15) is 5.10 Å². The Morgan fingerprint density at radius 1 is 1.37 bits per heavy atom. The number of furan rings is 1. The first kappa shape index (κ1) is 14.2. The molecule has 4 nitrogen and oxygen atoms in total. The zero-order chi connectivity index (χ0) is 13.7. The number of aryl methyl sites for hydroxylation is 2. The highest BCUT2D eigenvalue weighted by Crippen LogP contribution is 2.24. The van der Waals surface area contributed by atoms with E-state index < -0.39 is 0 Å². The molecule has 0 spiro atoms. The second-order valence-electron chi connectivity index (χ2n) is 4.58. The predicted molar refractivity (Wildman–Crippen MR) is 78.2 cm³/mol. The Balaban J connectivity index is 1.84. The van der Waals surface area contributed by atoms with Gasteiger partial charge in [0, 0.05) is 7.05 Å². The molecule has 0 aromatic carbocycles. The average Bonchev–Trinajstić information content (AvgIpc) is 2.94. The molecule has 0 aliphatic heterocycles. The molecule has 104 valence electrons. The third-order valence-corrected chi connectivity index (χ3v) is 3.87. The number of rotatable bonds is 7. The quantitative estimate of drug-likeness (QED) is 0.624. The summed E-state index contributed by atoms with van der Waals surface area (Å²) in [5.41, 5.74) is 1.05. The zero-order valence-electron chi connectivity index (χ0n) is 11.8. The number of hydrogen-bond acceptors (Lipinski definition) is 4. The van der Waals surface area contributed by atoms with Crippen molar-refractivity contribution in [1.82, 2.24) is 15.1 Å². The molecule has 0 aliphatic carbocycles. The van der Waals surface area contributed by atoms with Crippen LogP contribution in [0.1, 0.15) is 30.6 Å². The number of hydrogen-bond donors (Lipinski definition) is 1. The van der Waals surface area contributed by atoms with E-state index in [-0.39, 0.29) is 0 Å². The summed E-state index contributed by atoms with van der Waals surface area (Å²) in [6.45, 7) is 6.00. The maximum absolute atomic E-state index is 5.79. The van der Waals surface area contributed by atoms with Crippen molar-refractivity contribution in [3.8, 4) is 0 Å². The van der Waals surface area contributed by atoms with Gasteiger partial charge >= 0.3 is 0 Å². The van der Waals surface area contributed by atoms with E-state index in [0.717, 1.165) is 42.5 Å². The molecule has 2 aromatic rings. The van der Waals surface area contributed by atoms with E-state index in [1.165, 1.54) is 5.03 Å². The van der Waals surface area contributed by atoms with Gasteiger partial charge in [-0.1, -0.05) is 18.7 Å². The average molecular weight is 279 g/mol. The Labute approximate surface area is 118 Å². The predicted octanol–water partition coefficient (Wildman–Crippen LogP) is 3.11. The Morgan fingerprint density at radius 3 is 2.84 bits per heavy atom. The van der Waals surface area contributed by atoms with Crippen molar-refractivity contribution in [2.45, 2.75) is 37.6 Å². The highest BCUT2D eigenvalue weighted by molar-refractivity contribution is 7.98. The first-order chi connectivity index (χ1) is 9.19. The molecule has 0 saturated carbocycles. The lowest BCUT2D eigenvalue weighted by Crippen LogP contribution is -2.12. The fourth-order valence-electron chi connectivity index (χ4n) is 1.85. The van der Waals surface area contributed by atoms with Crippen LogP contribution in [-0.4, -0.2) is 16.3 Å². The summed E-state index contributed by atoms with van der Waals surface area (Å²) in [6.07, 6.45) is 1.14. The van der Waals surface area contributed by atoms with Crippen LogP contribution in [0, 0.1) is 6.92 Å². The molecule has 0 unspecified atom stereocenters. The van der Waals surface area contributed by atoms with Gasteiger partial charge in [-0.3, -0.25) is 4.68 Å². The molecule has 0 bridgehead atoms. The maximum atomic E-state index is 5.79. The molecule has 5 heteroatoms. The van der Waals surface area contributed by atoms with Crippen molar-refractivity contribution in [3.05, 3.63) is 35.4 Å². The monoisotopic (exact) mass is 279 g/mol. The molecular weight excluding hydrogens is 258 g/mol. The fourth-order valence-corrected chi connectivity index (χ4v) is 2.78. The van der Waals surface area contributed by atoms with E-state index >= 15 is 0 Å². The van der Waals surface area contributed by atoms with E-state index in [0.29, 0.717) is 0 Å². The number of nitrogens with zero attached hydrogens (tertiary/aromatic N) is 2. The minimum atomic E-state index is 0.809. The van der Waals surface area contributed by atoms with E-state index in [1.54, 1.807) is 11.8 Å². The summed E-state index contributed by atoms with van der Waals surface area (Å²) in [5, 5.41) is 8.84. The zero-order valence-corrected chi connectivity index (χ0v) is 12.6. The minimum Gasteiger partial charge on any atom is -0.464 e. The summed E-state index contributed by atoms with van der Waals surface area (Å²) in [7, 11) is 1.97. The van der Waals surface area contributed by atoms with Gasteiger partial charge in [0.1, 0.15) is 11.5 Å². The topological polar surface area (TPSA) is 43.0 Å². The standard InChI is InChI=1S/C14H21N3OS/c1-4-7-15-9-12-5-6-13(18-12)10-19-14-8-11(2)16-17(14)3/h5-6,8,15H,4,7,9-10H2,1-3H3. The van der Waals surface area contributed by atoms with Crippen molar-refractivity contribution in [1.29, 1.82) is 0 Å². The first-order valence-electron chi connectivity index (χ1n) is 6.60. The van der Waals surface area contributed by atoms with Gasteiger partial charge in [0.2, 0.25) is 0 Å². The molecule has 1 N–H and O–H groups in total. The van der Waals surface area contributed by atoms with E-state index in [9.17, 15) is 0 Å². The SMILES string of the molecule is CCCNCc1ccc(CSc2cc(C)nn2C)o1. The number of thioether (sulfide) groups is 1. The van der Waals surface area contributed by atoms with Gasteiger partial charge in [-0.25, -0.2) is 0 Å². The van der Waals surface area contributed by atoms with Crippen LogP contribution in [0.3, 0.4) is 0 Å². The van der Waals surface area contributed by atoms with Crippen LogP contribution in [0.15, 0.2) is 27.6 Å². The van der Waals surface area contributed by atoms with Gasteiger partial charge in [0.25, 0.3) is 0 Å². The molecule has 2 rings (SSSR count). The minimum absolute atomic E-state index is 0.809. The van der Waals surface area contributed by atoms with Crippen LogP contribution in [0.25, 0.3) is 0 Å². The fraction of sp³-hybridized carbons (Fsp3) is 0.500. The highest BCUT2D eigenvalue weighted by Gasteiger charge is 2.06. The lowest BCUT2D eigenvalue weighted by molar-refractivity contribution is 0.459. The summed E-state index contributed by atoms with van der Waals surface area (Å²) in [4.78, 5) is 0. The smallest absolute Gasteiger partial charge is 0.118 e. The summed E-state index contributed by atoms with van der Waals surface area (Å²) in [6, 6.07) is 6.20. The summed E-state index contributed by atoms with van der Waals surface area (Å²) in [5.74, 6) is 2.86. The number of aromatic nitrogens is 2. The van der Waals surface area contributed by atoms with Gasteiger partial charge in [-0.05, 0) is 38.1 Å². The van der Waals surface area contributed by atoms with Crippen molar-refractivity contribution >= 4 is 11.8 Å². The molecule has 2 aromatic heterocycles. The van der Waals surface area contributed by atoms with E-state index in [1.807, 2.05) is 24.7 Å². The third-order valence-electron chi connectivity index (χ3n) is 2.76. The second-order valence-corrected chi connectivity index (χ2v) is 5.58. The first-order valence-corrected chi connectivity index (χ1v) is 7.59. The Hall–Kier alpha value is -1.20. The summed E-state index contributed by atoms with van der Waals surface area (Å²) >= 11 is 1.75. The van der Waals surface area contributed by atoms with Crippen LogP contribution >= 0.6 is 11.8 Å². The van der Waals surface area contributed by atoms with Gasteiger partial charge in [-0.15, -0.1) is 0 Å². The normalized spacial score (nSPS) is 11.1. The Bertz CT molecular complexity index is 518. The van der Waals surface area contributed by atoms with Gasteiger partial charge < -0.3 is 9.73 Å². The lowest BCUT2D eigenvalue weighted by atomic mass is 10.4.